The van der Waals surface area contributed by atoms with Gasteiger partial charge in [-0.2, -0.15) is 0 Å². The second-order valence-corrected chi connectivity index (χ2v) is 7.12. The van der Waals surface area contributed by atoms with Gasteiger partial charge < -0.3 is 25.0 Å². The lowest BCUT2D eigenvalue weighted by molar-refractivity contribution is -0.128. The van der Waals surface area contributed by atoms with Crippen LogP contribution in [-0.4, -0.2) is 69.3 Å². The normalized spacial score (nSPS) is 10.8. The van der Waals surface area contributed by atoms with Gasteiger partial charge in [-0.1, -0.05) is 18.2 Å². The largest absolute Gasteiger partial charge is 0.491 e. The summed E-state index contributed by atoms with van der Waals surface area (Å²) in [5.41, 5.74) is 3.09. The van der Waals surface area contributed by atoms with E-state index in [4.69, 9.17) is 9.47 Å². The lowest BCUT2D eigenvalue weighted by Crippen LogP contribution is -2.43. The Morgan fingerprint density at radius 1 is 1.19 bits per heavy atom. The van der Waals surface area contributed by atoms with Gasteiger partial charge in [-0.05, 0) is 30.7 Å². The predicted molar refractivity (Wildman–Crippen MR) is 138 cm³/mol. The number of aromatic nitrogens is 1. The molecule has 0 aliphatic rings. The number of hydrogen-bond acceptors (Lipinski definition) is 5. The van der Waals surface area contributed by atoms with E-state index in [2.05, 4.69) is 20.6 Å². The van der Waals surface area contributed by atoms with Crippen molar-refractivity contribution in [3.63, 3.8) is 0 Å². The molecule has 2 aromatic rings. The van der Waals surface area contributed by atoms with E-state index in [1.807, 2.05) is 43.3 Å². The number of aryl methyl sites for hydroxylation is 1. The van der Waals surface area contributed by atoms with Gasteiger partial charge in [-0.25, -0.2) is 0 Å². The molecule has 0 spiro atoms. The van der Waals surface area contributed by atoms with Crippen LogP contribution in [-0.2, 0) is 22.5 Å². The zero-order valence-electron chi connectivity index (χ0n) is 19.3. The van der Waals surface area contributed by atoms with Crippen LogP contribution < -0.4 is 15.4 Å². The summed E-state index contributed by atoms with van der Waals surface area (Å²) in [6.45, 7) is 4.32. The number of carbonyl (C=O) groups is 1. The number of rotatable bonds is 11. The molecule has 176 valence electrons. The Labute approximate surface area is 207 Å². The van der Waals surface area contributed by atoms with Crippen LogP contribution in [0.2, 0.25) is 0 Å². The molecule has 2 rings (SSSR count). The van der Waals surface area contributed by atoms with Gasteiger partial charge in [0.15, 0.2) is 5.96 Å². The maximum atomic E-state index is 12.4. The third-order valence-corrected chi connectivity index (χ3v) is 4.70. The van der Waals surface area contributed by atoms with Crippen molar-refractivity contribution >= 4 is 35.8 Å². The SMILES string of the molecule is CN=C(NCC(=O)N(C)CCc1ccccn1)NCc1ccc(C)cc1OCCOC.I. The molecule has 0 saturated heterocycles. The van der Waals surface area contributed by atoms with Crippen molar-refractivity contribution in [1.82, 2.24) is 20.5 Å². The fourth-order valence-electron chi connectivity index (χ4n) is 2.82. The molecule has 0 aliphatic carbocycles. The standard InChI is InChI=1S/C23H33N5O3.HI/c1-18-8-9-19(21(15-18)31-14-13-30-4)16-26-23(24-2)27-17-22(29)28(3)12-10-20-7-5-6-11-25-20;/h5-9,11,15H,10,12-14,16-17H2,1-4H3,(H2,24,26,27);1H. The number of guanidine groups is 1. The first-order valence-electron chi connectivity index (χ1n) is 10.3. The van der Waals surface area contributed by atoms with Gasteiger partial charge in [0.05, 0.1) is 13.2 Å². The van der Waals surface area contributed by atoms with E-state index < -0.39 is 0 Å². The average molecular weight is 555 g/mol. The molecule has 1 aromatic carbocycles. The number of nitrogens with one attached hydrogen (secondary N) is 2. The highest BCUT2D eigenvalue weighted by atomic mass is 127. The first kappa shape index (κ1) is 27.6. The molecule has 1 aromatic heterocycles. The van der Waals surface area contributed by atoms with Crippen LogP contribution in [0.15, 0.2) is 47.6 Å². The number of ether oxygens (including phenoxy) is 2. The lowest BCUT2D eigenvalue weighted by atomic mass is 10.1. The molecule has 1 heterocycles. The molecule has 0 saturated carbocycles. The Morgan fingerprint density at radius 2 is 2.00 bits per heavy atom. The molecular weight excluding hydrogens is 521 g/mol. The molecule has 0 bridgehead atoms. The van der Waals surface area contributed by atoms with Crippen LogP contribution >= 0.6 is 24.0 Å². The highest BCUT2D eigenvalue weighted by molar-refractivity contribution is 14.0. The van der Waals surface area contributed by atoms with E-state index >= 15 is 0 Å². The Kier molecular flexibility index (Phi) is 13.3. The number of methoxy groups -OCH3 is 1. The van der Waals surface area contributed by atoms with E-state index in [0.29, 0.717) is 32.3 Å². The summed E-state index contributed by atoms with van der Waals surface area (Å²) in [6, 6.07) is 11.9. The van der Waals surface area contributed by atoms with Crippen molar-refractivity contribution in [2.75, 3.05) is 47.5 Å². The Morgan fingerprint density at radius 3 is 2.69 bits per heavy atom. The number of amides is 1. The van der Waals surface area contributed by atoms with Gasteiger partial charge >= 0.3 is 0 Å². The minimum Gasteiger partial charge on any atom is -0.491 e. The summed E-state index contributed by atoms with van der Waals surface area (Å²) in [6.07, 6.45) is 2.48. The van der Waals surface area contributed by atoms with Crippen LogP contribution in [0.4, 0.5) is 0 Å². The van der Waals surface area contributed by atoms with Crippen LogP contribution in [0, 0.1) is 6.92 Å². The Balaban J connectivity index is 0.00000512. The number of pyridine rings is 1. The summed E-state index contributed by atoms with van der Waals surface area (Å²) in [7, 11) is 5.11. The van der Waals surface area contributed by atoms with Gasteiger partial charge in [0.2, 0.25) is 5.91 Å². The zero-order chi connectivity index (χ0) is 22.5. The number of aliphatic imine (C=N–C) groups is 1. The minimum absolute atomic E-state index is 0. The van der Waals surface area contributed by atoms with E-state index in [1.165, 1.54) is 0 Å². The van der Waals surface area contributed by atoms with Crippen molar-refractivity contribution in [3.05, 3.63) is 59.4 Å². The Hall–Kier alpha value is -2.40. The predicted octanol–water partition coefficient (Wildman–Crippen LogP) is 2.40. The maximum Gasteiger partial charge on any atom is 0.241 e. The van der Waals surface area contributed by atoms with Gasteiger partial charge in [-0.3, -0.25) is 14.8 Å². The third kappa shape index (κ3) is 9.82. The van der Waals surface area contributed by atoms with Crippen molar-refractivity contribution in [2.24, 2.45) is 4.99 Å². The molecule has 9 heteroatoms. The average Bonchev–Trinajstić information content (AvgIpc) is 2.79. The van der Waals surface area contributed by atoms with Crippen LogP contribution in [0.5, 0.6) is 5.75 Å². The summed E-state index contributed by atoms with van der Waals surface area (Å²) < 4.78 is 10.9. The molecule has 0 unspecified atom stereocenters. The number of nitrogens with zero attached hydrogens (tertiary/aromatic N) is 3. The van der Waals surface area contributed by atoms with E-state index in [-0.39, 0.29) is 36.4 Å². The number of benzene rings is 1. The molecule has 1 amide bonds. The van der Waals surface area contributed by atoms with Crippen LogP contribution in [0.25, 0.3) is 0 Å². The second-order valence-electron chi connectivity index (χ2n) is 7.12. The number of likely N-dealkylation sites (N-methyl/N-ethyl adjacent to an activating group) is 1. The third-order valence-electron chi connectivity index (χ3n) is 4.70. The Bertz CT molecular complexity index is 849. The smallest absolute Gasteiger partial charge is 0.241 e. The molecule has 0 atom stereocenters. The second kappa shape index (κ2) is 15.4. The fourth-order valence-corrected chi connectivity index (χ4v) is 2.82. The molecule has 2 N–H and O–H groups in total. The molecule has 8 nitrogen and oxygen atoms in total. The summed E-state index contributed by atoms with van der Waals surface area (Å²) in [5.74, 6) is 1.35. The minimum atomic E-state index is -0.0159. The zero-order valence-corrected chi connectivity index (χ0v) is 21.6. The topological polar surface area (TPSA) is 88.1 Å². The first-order valence-corrected chi connectivity index (χ1v) is 10.3. The molecule has 0 aliphatic heterocycles. The molecule has 32 heavy (non-hydrogen) atoms. The van der Waals surface area contributed by atoms with Crippen LogP contribution in [0.1, 0.15) is 16.8 Å². The van der Waals surface area contributed by atoms with Crippen molar-refractivity contribution in [3.8, 4) is 5.75 Å². The summed E-state index contributed by atoms with van der Waals surface area (Å²) >= 11 is 0. The van der Waals surface area contributed by atoms with Gasteiger partial charge in [-0.15, -0.1) is 24.0 Å². The van der Waals surface area contributed by atoms with Crippen molar-refractivity contribution < 1.29 is 14.3 Å². The van der Waals surface area contributed by atoms with Crippen molar-refractivity contribution in [2.45, 2.75) is 19.9 Å². The highest BCUT2D eigenvalue weighted by Gasteiger charge is 2.11. The maximum absolute atomic E-state index is 12.4. The van der Waals surface area contributed by atoms with Crippen LogP contribution in [0.3, 0.4) is 0 Å². The molecule has 0 fully saturated rings. The van der Waals surface area contributed by atoms with E-state index in [0.717, 1.165) is 29.0 Å². The first-order chi connectivity index (χ1) is 15.0. The number of hydrogen-bond donors (Lipinski definition) is 2. The molecule has 0 radical (unpaired) electrons. The van der Waals surface area contributed by atoms with E-state index in [9.17, 15) is 4.79 Å². The highest BCUT2D eigenvalue weighted by Crippen LogP contribution is 2.20. The lowest BCUT2D eigenvalue weighted by Gasteiger charge is -2.19. The van der Waals surface area contributed by atoms with Gasteiger partial charge in [0.25, 0.3) is 0 Å². The summed E-state index contributed by atoms with van der Waals surface area (Å²) in [4.78, 5) is 22.6. The van der Waals surface area contributed by atoms with E-state index in [1.54, 1.807) is 32.3 Å². The number of carbonyl (C=O) groups excluding carboxylic acids is 1. The van der Waals surface area contributed by atoms with Gasteiger partial charge in [0, 0.05) is 58.2 Å². The van der Waals surface area contributed by atoms with Gasteiger partial charge in [0.1, 0.15) is 12.4 Å². The summed E-state index contributed by atoms with van der Waals surface area (Å²) in [5, 5.41) is 6.31. The fraction of sp³-hybridized carbons (Fsp3) is 0.435. The number of halogens is 1. The molecular formula is C23H34IN5O3. The van der Waals surface area contributed by atoms with Crippen molar-refractivity contribution in [1.29, 1.82) is 0 Å². The quantitative estimate of drug-likeness (QED) is 0.192. The monoisotopic (exact) mass is 555 g/mol.